The van der Waals surface area contributed by atoms with Crippen LogP contribution in [0.4, 0.5) is 4.39 Å². The smallest absolute Gasteiger partial charge is 0.330 e. The van der Waals surface area contributed by atoms with E-state index in [4.69, 9.17) is 21.1 Å². The molecule has 0 fully saturated rings. The first-order valence-electron chi connectivity index (χ1n) is 6.89. The van der Waals surface area contributed by atoms with E-state index in [0.29, 0.717) is 16.5 Å². The van der Waals surface area contributed by atoms with Gasteiger partial charge in [-0.2, -0.15) is 5.10 Å². The Balaban J connectivity index is 1.76. The van der Waals surface area contributed by atoms with Crippen molar-refractivity contribution in [1.29, 1.82) is 0 Å². The van der Waals surface area contributed by atoms with Crippen molar-refractivity contribution in [2.24, 2.45) is 7.05 Å². The molecule has 0 bridgehead atoms. The van der Waals surface area contributed by atoms with Crippen LogP contribution in [0, 0.1) is 12.7 Å². The molecule has 122 valence electrons. The maximum Gasteiger partial charge on any atom is 0.330 e. The van der Waals surface area contributed by atoms with E-state index < -0.39 is 5.97 Å². The Morgan fingerprint density at radius 3 is 2.65 bits per heavy atom. The summed E-state index contributed by atoms with van der Waals surface area (Å²) in [7, 11) is 1.72. The lowest BCUT2D eigenvalue weighted by Gasteiger charge is -2.05. The third kappa shape index (κ3) is 4.82. The second kappa shape index (κ2) is 7.78. The highest BCUT2D eigenvalue weighted by Crippen LogP contribution is 2.19. The minimum absolute atomic E-state index is 0.0836. The number of ether oxygens (including phenoxy) is 2. The van der Waals surface area contributed by atoms with E-state index >= 15 is 0 Å². The molecule has 5 nitrogen and oxygen atoms in total. The molecule has 0 radical (unpaired) electrons. The highest BCUT2D eigenvalue weighted by atomic mass is 35.5. The normalized spacial score (nSPS) is 11.0. The van der Waals surface area contributed by atoms with Crippen LogP contribution in [0.15, 0.2) is 30.3 Å². The summed E-state index contributed by atoms with van der Waals surface area (Å²) in [5.41, 5.74) is 1.40. The Bertz CT molecular complexity index is 711. The number of hydrogen-bond acceptors (Lipinski definition) is 4. The molecule has 23 heavy (non-hydrogen) atoms. The molecular weight excluding hydrogens is 323 g/mol. The summed E-state index contributed by atoms with van der Waals surface area (Å²) in [4.78, 5) is 11.6. The number of carbonyl (C=O) groups is 1. The maximum absolute atomic E-state index is 12.7. The second-order valence-corrected chi connectivity index (χ2v) is 5.07. The van der Waals surface area contributed by atoms with Crippen LogP contribution in [0.3, 0.4) is 0 Å². The molecule has 0 saturated carbocycles. The zero-order chi connectivity index (χ0) is 16.8. The van der Waals surface area contributed by atoms with E-state index in [-0.39, 0.29) is 19.0 Å². The lowest BCUT2D eigenvalue weighted by molar-refractivity contribution is -0.138. The minimum atomic E-state index is -0.507. The average Bonchev–Trinajstić information content (AvgIpc) is 2.76. The third-order valence-electron chi connectivity index (χ3n) is 2.99. The molecule has 0 aliphatic carbocycles. The summed E-state index contributed by atoms with van der Waals surface area (Å²) in [6.07, 6.45) is 2.85. The average molecular weight is 339 g/mol. The largest absolute Gasteiger partial charge is 0.490 e. The van der Waals surface area contributed by atoms with E-state index in [1.807, 2.05) is 0 Å². The molecule has 1 heterocycles. The molecule has 2 rings (SSSR count). The van der Waals surface area contributed by atoms with Crippen molar-refractivity contribution in [3.63, 3.8) is 0 Å². The van der Waals surface area contributed by atoms with Gasteiger partial charge in [0.05, 0.1) is 5.69 Å². The van der Waals surface area contributed by atoms with Crippen molar-refractivity contribution < 1.29 is 18.7 Å². The fourth-order valence-corrected chi connectivity index (χ4v) is 2.11. The van der Waals surface area contributed by atoms with Crippen LogP contribution in [-0.4, -0.2) is 29.0 Å². The first kappa shape index (κ1) is 17.0. The molecule has 1 aromatic heterocycles. The van der Waals surface area contributed by atoms with Gasteiger partial charge in [-0.1, -0.05) is 11.6 Å². The summed E-state index contributed by atoms with van der Waals surface area (Å²) in [6, 6.07) is 5.60. The SMILES string of the molecule is Cc1nn(C)c(Cl)c1/C=C/C(=O)OCCOc1ccc(F)cc1. The van der Waals surface area contributed by atoms with Crippen LogP contribution < -0.4 is 4.74 Å². The molecular formula is C16H16ClFN2O3. The third-order valence-corrected chi connectivity index (χ3v) is 3.44. The van der Waals surface area contributed by atoms with Crippen molar-refractivity contribution in [2.75, 3.05) is 13.2 Å². The fourth-order valence-electron chi connectivity index (χ4n) is 1.87. The van der Waals surface area contributed by atoms with Crippen LogP contribution in [0.1, 0.15) is 11.3 Å². The molecule has 0 N–H and O–H groups in total. The van der Waals surface area contributed by atoms with E-state index in [1.54, 1.807) is 20.0 Å². The van der Waals surface area contributed by atoms with Gasteiger partial charge in [0.2, 0.25) is 0 Å². The maximum atomic E-state index is 12.7. The summed E-state index contributed by atoms with van der Waals surface area (Å²) in [6.45, 7) is 2.06. The van der Waals surface area contributed by atoms with Gasteiger partial charge in [-0.25, -0.2) is 9.18 Å². The molecule has 7 heteroatoms. The van der Waals surface area contributed by atoms with Crippen LogP contribution >= 0.6 is 11.6 Å². The van der Waals surface area contributed by atoms with Gasteiger partial charge in [0.25, 0.3) is 0 Å². The van der Waals surface area contributed by atoms with Crippen LogP contribution in [0.5, 0.6) is 5.75 Å². The number of esters is 1. The van der Waals surface area contributed by atoms with Gasteiger partial charge in [-0.3, -0.25) is 4.68 Å². The molecule has 0 aliphatic rings. The molecule has 0 amide bonds. The second-order valence-electron chi connectivity index (χ2n) is 4.72. The van der Waals surface area contributed by atoms with Crippen molar-refractivity contribution in [3.05, 3.63) is 52.6 Å². The topological polar surface area (TPSA) is 53.4 Å². The first-order valence-corrected chi connectivity index (χ1v) is 7.27. The van der Waals surface area contributed by atoms with Gasteiger partial charge in [-0.05, 0) is 37.3 Å². The summed E-state index contributed by atoms with van der Waals surface area (Å²) in [5, 5.41) is 4.59. The highest BCUT2D eigenvalue weighted by Gasteiger charge is 2.08. The number of benzene rings is 1. The van der Waals surface area contributed by atoms with Crippen LogP contribution in [0.2, 0.25) is 5.15 Å². The number of halogens is 2. The Morgan fingerprint density at radius 2 is 2.04 bits per heavy atom. The van der Waals surface area contributed by atoms with Crippen molar-refractivity contribution in [2.45, 2.75) is 6.92 Å². The Morgan fingerprint density at radius 1 is 1.35 bits per heavy atom. The van der Waals surface area contributed by atoms with E-state index in [2.05, 4.69) is 5.10 Å². The zero-order valence-electron chi connectivity index (χ0n) is 12.8. The Hall–Kier alpha value is -2.34. The van der Waals surface area contributed by atoms with E-state index in [0.717, 1.165) is 5.69 Å². The van der Waals surface area contributed by atoms with Gasteiger partial charge in [0.15, 0.2) is 0 Å². The molecule has 1 aromatic carbocycles. The van der Waals surface area contributed by atoms with Gasteiger partial charge in [-0.15, -0.1) is 0 Å². The van der Waals surface area contributed by atoms with E-state index in [9.17, 15) is 9.18 Å². The standard InChI is InChI=1S/C16H16ClFN2O3/c1-11-14(16(17)20(2)19-11)7-8-15(21)23-10-9-22-13-5-3-12(18)4-6-13/h3-8H,9-10H2,1-2H3/b8-7+. The molecule has 0 unspecified atom stereocenters. The Kier molecular flexibility index (Phi) is 5.76. The van der Waals surface area contributed by atoms with Crippen molar-refractivity contribution in [1.82, 2.24) is 9.78 Å². The van der Waals surface area contributed by atoms with Crippen LogP contribution in [0.25, 0.3) is 6.08 Å². The van der Waals surface area contributed by atoms with Crippen LogP contribution in [-0.2, 0) is 16.6 Å². The number of aryl methyl sites for hydroxylation is 2. The summed E-state index contributed by atoms with van der Waals surface area (Å²) >= 11 is 6.05. The quantitative estimate of drug-likeness (QED) is 0.461. The zero-order valence-corrected chi connectivity index (χ0v) is 13.5. The lowest BCUT2D eigenvalue weighted by Crippen LogP contribution is -2.10. The van der Waals surface area contributed by atoms with Crippen molar-refractivity contribution >= 4 is 23.6 Å². The minimum Gasteiger partial charge on any atom is -0.490 e. The molecule has 0 aliphatic heterocycles. The predicted molar refractivity (Wildman–Crippen MR) is 84.8 cm³/mol. The van der Waals surface area contributed by atoms with Gasteiger partial charge < -0.3 is 9.47 Å². The summed E-state index contributed by atoms with van der Waals surface area (Å²) < 4.78 is 24.6. The number of aromatic nitrogens is 2. The highest BCUT2D eigenvalue weighted by molar-refractivity contribution is 6.31. The predicted octanol–water partition coefficient (Wildman–Crippen LogP) is 3.16. The lowest BCUT2D eigenvalue weighted by atomic mass is 10.2. The monoisotopic (exact) mass is 338 g/mol. The molecule has 0 atom stereocenters. The fraction of sp³-hybridized carbons (Fsp3) is 0.250. The Labute approximate surface area is 138 Å². The number of hydrogen-bond donors (Lipinski definition) is 0. The van der Waals surface area contributed by atoms with Crippen molar-refractivity contribution in [3.8, 4) is 5.75 Å². The van der Waals surface area contributed by atoms with Gasteiger partial charge in [0.1, 0.15) is 29.9 Å². The molecule has 2 aromatic rings. The number of nitrogens with zero attached hydrogens (tertiary/aromatic N) is 2. The first-order chi connectivity index (χ1) is 11.0. The molecule has 0 spiro atoms. The van der Waals surface area contributed by atoms with Gasteiger partial charge in [0, 0.05) is 18.7 Å². The number of carbonyl (C=O) groups excluding carboxylic acids is 1. The number of rotatable bonds is 6. The molecule has 0 saturated heterocycles. The van der Waals surface area contributed by atoms with Gasteiger partial charge >= 0.3 is 5.97 Å². The summed E-state index contributed by atoms with van der Waals surface area (Å²) in [5.74, 6) is -0.332. The van der Waals surface area contributed by atoms with E-state index in [1.165, 1.54) is 35.0 Å².